The molecule has 3 heteroatoms. The van der Waals surface area contributed by atoms with Gasteiger partial charge in [-0.15, -0.1) is 12.3 Å². The van der Waals surface area contributed by atoms with Gasteiger partial charge in [0, 0.05) is 12.8 Å². The average molecular weight is 195 g/mol. The minimum absolute atomic E-state index is 0.0473. The number of hydrogen-bond donors (Lipinski definition) is 2. The molecular weight excluding hydrogens is 178 g/mol. The summed E-state index contributed by atoms with van der Waals surface area (Å²) < 4.78 is 0. The average Bonchev–Trinajstić information content (AvgIpc) is 2.18. The third-order valence-corrected chi connectivity index (χ3v) is 2.57. The topological polar surface area (TPSA) is 49.3 Å². The molecule has 2 atom stereocenters. The summed E-state index contributed by atoms with van der Waals surface area (Å²) in [6, 6.07) is -0.0611. The molecule has 0 saturated heterocycles. The molecule has 1 saturated carbocycles. The predicted octanol–water partition coefficient (Wildman–Crippen LogP) is 0.819. The van der Waals surface area contributed by atoms with Gasteiger partial charge in [-0.2, -0.15) is 0 Å². The van der Waals surface area contributed by atoms with Crippen LogP contribution in [0, 0.1) is 12.3 Å². The summed E-state index contributed by atoms with van der Waals surface area (Å²) in [4.78, 5) is 11.3. The summed E-state index contributed by atoms with van der Waals surface area (Å²) in [5, 5.41) is 12.4. The number of carbonyl (C=O) groups is 1. The van der Waals surface area contributed by atoms with Crippen molar-refractivity contribution in [2.24, 2.45) is 0 Å². The Hall–Kier alpha value is -1.01. The predicted molar refractivity (Wildman–Crippen MR) is 54.5 cm³/mol. The van der Waals surface area contributed by atoms with E-state index in [9.17, 15) is 9.90 Å². The zero-order valence-corrected chi connectivity index (χ0v) is 8.33. The second-order valence-electron chi connectivity index (χ2n) is 3.73. The monoisotopic (exact) mass is 195 g/mol. The normalized spacial score (nSPS) is 26.6. The highest BCUT2D eigenvalue weighted by Crippen LogP contribution is 2.18. The van der Waals surface area contributed by atoms with Crippen molar-refractivity contribution in [3.05, 3.63) is 0 Å². The molecule has 2 N–H and O–H groups in total. The van der Waals surface area contributed by atoms with Crippen LogP contribution >= 0.6 is 0 Å². The van der Waals surface area contributed by atoms with Gasteiger partial charge in [-0.3, -0.25) is 4.79 Å². The number of hydrogen-bond acceptors (Lipinski definition) is 2. The van der Waals surface area contributed by atoms with E-state index < -0.39 is 0 Å². The molecule has 14 heavy (non-hydrogen) atoms. The molecule has 1 amide bonds. The Morgan fingerprint density at radius 1 is 1.50 bits per heavy atom. The van der Waals surface area contributed by atoms with Crippen molar-refractivity contribution in [2.75, 3.05) is 0 Å². The number of terminal acetylenes is 1. The van der Waals surface area contributed by atoms with E-state index in [0.717, 1.165) is 25.7 Å². The van der Waals surface area contributed by atoms with Crippen LogP contribution in [-0.2, 0) is 4.79 Å². The van der Waals surface area contributed by atoms with Gasteiger partial charge in [0.25, 0.3) is 0 Å². The second kappa shape index (κ2) is 5.66. The molecule has 78 valence electrons. The van der Waals surface area contributed by atoms with Crippen molar-refractivity contribution >= 4 is 5.91 Å². The lowest BCUT2D eigenvalue weighted by atomic mass is 9.92. The number of nitrogens with one attached hydrogen (secondary N) is 1. The van der Waals surface area contributed by atoms with Crippen molar-refractivity contribution < 1.29 is 9.90 Å². The van der Waals surface area contributed by atoms with Crippen LogP contribution < -0.4 is 5.32 Å². The molecule has 1 aliphatic rings. The van der Waals surface area contributed by atoms with Crippen LogP contribution in [0.2, 0.25) is 0 Å². The quantitative estimate of drug-likeness (QED) is 0.655. The first-order valence-electron chi connectivity index (χ1n) is 5.15. The number of rotatable bonds is 3. The molecule has 0 radical (unpaired) electrons. The maximum Gasteiger partial charge on any atom is 0.221 e. The van der Waals surface area contributed by atoms with Crippen molar-refractivity contribution in [2.45, 2.75) is 50.7 Å². The van der Waals surface area contributed by atoms with Gasteiger partial charge in [-0.05, 0) is 12.8 Å². The van der Waals surface area contributed by atoms with Crippen LogP contribution in [0.4, 0.5) is 0 Å². The fourth-order valence-corrected chi connectivity index (χ4v) is 1.74. The lowest BCUT2D eigenvalue weighted by Gasteiger charge is -2.28. The van der Waals surface area contributed by atoms with Crippen molar-refractivity contribution in [3.63, 3.8) is 0 Å². The summed E-state index contributed by atoms with van der Waals surface area (Å²) in [5.41, 5.74) is 0. The number of aliphatic hydroxyl groups excluding tert-OH is 1. The van der Waals surface area contributed by atoms with Crippen molar-refractivity contribution in [1.29, 1.82) is 0 Å². The Bertz CT molecular complexity index is 232. The summed E-state index contributed by atoms with van der Waals surface area (Å²) in [6.07, 6.45) is 9.31. The highest BCUT2D eigenvalue weighted by atomic mass is 16.3. The zero-order chi connectivity index (χ0) is 10.4. The van der Waals surface area contributed by atoms with Crippen molar-refractivity contribution in [1.82, 2.24) is 5.32 Å². The largest absolute Gasteiger partial charge is 0.391 e. The summed E-state index contributed by atoms with van der Waals surface area (Å²) >= 11 is 0. The zero-order valence-electron chi connectivity index (χ0n) is 8.33. The number of carbonyl (C=O) groups excluding carboxylic acids is 1. The third kappa shape index (κ3) is 3.39. The standard InChI is InChI=1S/C11H17NO2/c1-2-3-8-11(14)12-9-6-4-5-7-10(9)13/h1,9-10,13H,3-8H2,(H,12,14)/t9-,10-/m1/s1. The van der Waals surface area contributed by atoms with Crippen LogP contribution in [0.3, 0.4) is 0 Å². The molecule has 0 bridgehead atoms. The molecule has 0 spiro atoms. The van der Waals surface area contributed by atoms with E-state index >= 15 is 0 Å². The first-order valence-corrected chi connectivity index (χ1v) is 5.15. The van der Waals surface area contributed by atoms with E-state index in [1.807, 2.05) is 0 Å². The van der Waals surface area contributed by atoms with Crippen LogP contribution in [0.1, 0.15) is 38.5 Å². The highest BCUT2D eigenvalue weighted by Gasteiger charge is 2.23. The minimum atomic E-state index is -0.376. The first kappa shape index (κ1) is 11.1. The summed E-state index contributed by atoms with van der Waals surface area (Å²) in [7, 11) is 0. The molecule has 3 nitrogen and oxygen atoms in total. The molecule has 0 unspecified atom stereocenters. The molecule has 0 aromatic rings. The molecule has 0 aromatic heterocycles. The maximum atomic E-state index is 11.3. The summed E-state index contributed by atoms with van der Waals surface area (Å²) in [5.74, 6) is 2.38. The smallest absolute Gasteiger partial charge is 0.221 e. The van der Waals surface area contributed by atoms with Gasteiger partial charge in [0.1, 0.15) is 0 Å². The van der Waals surface area contributed by atoms with E-state index in [-0.39, 0.29) is 18.1 Å². The van der Waals surface area contributed by atoms with Gasteiger partial charge in [0.05, 0.1) is 12.1 Å². The van der Waals surface area contributed by atoms with Gasteiger partial charge < -0.3 is 10.4 Å². The second-order valence-corrected chi connectivity index (χ2v) is 3.73. The van der Waals surface area contributed by atoms with E-state index in [1.165, 1.54) is 0 Å². The van der Waals surface area contributed by atoms with Crippen LogP contribution in [0.5, 0.6) is 0 Å². The molecule has 1 aliphatic carbocycles. The summed E-state index contributed by atoms with van der Waals surface area (Å²) in [6.45, 7) is 0. The maximum absolute atomic E-state index is 11.3. The van der Waals surface area contributed by atoms with E-state index in [1.54, 1.807) is 0 Å². The lowest BCUT2D eigenvalue weighted by molar-refractivity contribution is -0.122. The van der Waals surface area contributed by atoms with Crippen LogP contribution in [0.15, 0.2) is 0 Å². The molecule has 0 aliphatic heterocycles. The van der Waals surface area contributed by atoms with Crippen LogP contribution in [0.25, 0.3) is 0 Å². The van der Waals surface area contributed by atoms with E-state index in [4.69, 9.17) is 6.42 Å². The van der Waals surface area contributed by atoms with Gasteiger partial charge in [-0.25, -0.2) is 0 Å². The molecular formula is C11H17NO2. The van der Waals surface area contributed by atoms with E-state index in [0.29, 0.717) is 12.8 Å². The fraction of sp³-hybridized carbons (Fsp3) is 0.727. The Labute approximate surface area is 84.9 Å². The fourth-order valence-electron chi connectivity index (χ4n) is 1.74. The minimum Gasteiger partial charge on any atom is -0.391 e. The van der Waals surface area contributed by atoms with Crippen LogP contribution in [-0.4, -0.2) is 23.2 Å². The molecule has 0 heterocycles. The number of aliphatic hydroxyl groups is 1. The van der Waals surface area contributed by atoms with Crippen molar-refractivity contribution in [3.8, 4) is 12.3 Å². The Balaban J connectivity index is 2.28. The van der Waals surface area contributed by atoms with Gasteiger partial charge >= 0.3 is 0 Å². The Morgan fingerprint density at radius 3 is 2.86 bits per heavy atom. The first-order chi connectivity index (χ1) is 6.74. The highest BCUT2D eigenvalue weighted by molar-refractivity contribution is 5.76. The van der Waals surface area contributed by atoms with Gasteiger partial charge in [0.2, 0.25) is 5.91 Å². The SMILES string of the molecule is C#CCCC(=O)N[C@@H]1CCCC[C@H]1O. The third-order valence-electron chi connectivity index (χ3n) is 2.57. The van der Waals surface area contributed by atoms with E-state index in [2.05, 4.69) is 11.2 Å². The lowest BCUT2D eigenvalue weighted by Crippen LogP contribution is -2.44. The molecule has 1 rings (SSSR count). The molecule has 1 fully saturated rings. The number of amides is 1. The molecule has 0 aromatic carbocycles. The van der Waals surface area contributed by atoms with Gasteiger partial charge in [0.15, 0.2) is 0 Å². The Morgan fingerprint density at radius 2 is 2.21 bits per heavy atom. The van der Waals surface area contributed by atoms with Gasteiger partial charge in [-0.1, -0.05) is 12.8 Å². The Kier molecular flexibility index (Phi) is 4.48.